The molecule has 6 nitrogen and oxygen atoms in total. The SMILES string of the molecule is COC(=O)c1c(C)nsc1NC(=O)N1CC[C@@H](C)C1. The minimum Gasteiger partial charge on any atom is -0.465 e. The van der Waals surface area contributed by atoms with E-state index in [1.807, 2.05) is 0 Å². The topological polar surface area (TPSA) is 71.5 Å². The molecule has 7 heteroatoms. The van der Waals surface area contributed by atoms with Gasteiger partial charge in [-0.05, 0) is 30.8 Å². The van der Waals surface area contributed by atoms with E-state index in [1.54, 1.807) is 11.8 Å². The van der Waals surface area contributed by atoms with Gasteiger partial charge < -0.3 is 9.64 Å². The van der Waals surface area contributed by atoms with Crippen molar-refractivity contribution in [2.24, 2.45) is 5.92 Å². The fourth-order valence-corrected chi connectivity index (χ4v) is 2.87. The van der Waals surface area contributed by atoms with E-state index < -0.39 is 5.97 Å². The van der Waals surface area contributed by atoms with Gasteiger partial charge in [0.25, 0.3) is 0 Å². The molecule has 1 atom stereocenters. The maximum Gasteiger partial charge on any atom is 0.342 e. The highest BCUT2D eigenvalue weighted by atomic mass is 32.1. The van der Waals surface area contributed by atoms with Gasteiger partial charge in [-0.25, -0.2) is 9.59 Å². The Balaban J connectivity index is 2.11. The first-order chi connectivity index (χ1) is 9.02. The average Bonchev–Trinajstić information content (AvgIpc) is 2.95. The third-order valence-electron chi connectivity index (χ3n) is 3.18. The molecular formula is C12H17N3O3S. The number of hydrogen-bond acceptors (Lipinski definition) is 5. The summed E-state index contributed by atoms with van der Waals surface area (Å²) in [6, 6.07) is -0.182. The number of carbonyl (C=O) groups excluding carboxylic acids is 2. The van der Waals surface area contributed by atoms with Crippen LogP contribution in [-0.2, 0) is 4.74 Å². The Morgan fingerprint density at radius 3 is 2.84 bits per heavy atom. The molecule has 19 heavy (non-hydrogen) atoms. The summed E-state index contributed by atoms with van der Waals surface area (Å²) in [5, 5.41) is 3.20. The Hall–Kier alpha value is -1.63. The number of ether oxygens (including phenoxy) is 1. The van der Waals surface area contributed by atoms with Crippen LogP contribution in [0.3, 0.4) is 0 Å². The lowest BCUT2D eigenvalue weighted by Gasteiger charge is -2.16. The number of nitrogens with zero attached hydrogens (tertiary/aromatic N) is 2. The number of nitrogens with one attached hydrogen (secondary N) is 1. The highest BCUT2D eigenvalue weighted by Crippen LogP contribution is 2.26. The fourth-order valence-electron chi connectivity index (χ4n) is 2.09. The average molecular weight is 283 g/mol. The second-order valence-corrected chi connectivity index (χ2v) is 5.51. The number of amides is 2. The number of rotatable bonds is 2. The monoisotopic (exact) mass is 283 g/mol. The summed E-state index contributed by atoms with van der Waals surface area (Å²) in [7, 11) is 1.31. The van der Waals surface area contributed by atoms with Gasteiger partial charge in [0, 0.05) is 13.1 Å². The minimum absolute atomic E-state index is 0.182. The molecule has 2 amide bonds. The van der Waals surface area contributed by atoms with E-state index in [0.29, 0.717) is 22.2 Å². The fraction of sp³-hybridized carbons (Fsp3) is 0.583. The zero-order chi connectivity index (χ0) is 14.0. The molecule has 1 aromatic rings. The van der Waals surface area contributed by atoms with Crippen LogP contribution in [0, 0.1) is 12.8 Å². The lowest BCUT2D eigenvalue weighted by atomic mass is 10.2. The van der Waals surface area contributed by atoms with Crippen molar-refractivity contribution < 1.29 is 14.3 Å². The van der Waals surface area contributed by atoms with Gasteiger partial charge in [-0.15, -0.1) is 0 Å². The Labute approximate surface area is 115 Å². The van der Waals surface area contributed by atoms with Crippen LogP contribution in [0.1, 0.15) is 29.4 Å². The van der Waals surface area contributed by atoms with Crippen LogP contribution in [0.5, 0.6) is 0 Å². The Morgan fingerprint density at radius 1 is 1.53 bits per heavy atom. The Kier molecular flexibility index (Phi) is 4.04. The van der Waals surface area contributed by atoms with Crippen LogP contribution in [-0.4, -0.2) is 41.5 Å². The van der Waals surface area contributed by atoms with Gasteiger partial charge >= 0.3 is 12.0 Å². The first-order valence-corrected chi connectivity index (χ1v) is 6.90. The van der Waals surface area contributed by atoms with Crippen molar-refractivity contribution in [3.05, 3.63) is 11.3 Å². The number of esters is 1. The van der Waals surface area contributed by atoms with Crippen LogP contribution in [0.15, 0.2) is 0 Å². The largest absolute Gasteiger partial charge is 0.465 e. The molecule has 1 fully saturated rings. The van der Waals surface area contributed by atoms with E-state index in [-0.39, 0.29) is 6.03 Å². The molecule has 0 saturated carbocycles. The lowest BCUT2D eigenvalue weighted by molar-refractivity contribution is 0.0601. The second-order valence-electron chi connectivity index (χ2n) is 4.73. The molecule has 0 spiro atoms. The number of likely N-dealkylation sites (tertiary alicyclic amines) is 1. The predicted octanol–water partition coefficient (Wildman–Crippen LogP) is 2.11. The highest BCUT2D eigenvalue weighted by molar-refractivity contribution is 7.11. The third-order valence-corrected chi connectivity index (χ3v) is 4.04. The molecule has 1 aliphatic heterocycles. The van der Waals surface area contributed by atoms with Gasteiger partial charge in [-0.2, -0.15) is 4.37 Å². The Morgan fingerprint density at radius 2 is 2.26 bits per heavy atom. The Bertz CT molecular complexity index is 500. The quantitative estimate of drug-likeness (QED) is 0.844. The van der Waals surface area contributed by atoms with Crippen molar-refractivity contribution in [3.63, 3.8) is 0 Å². The number of hydrogen-bond donors (Lipinski definition) is 1. The third kappa shape index (κ3) is 2.86. The summed E-state index contributed by atoms with van der Waals surface area (Å²) in [6.45, 7) is 5.33. The van der Waals surface area contributed by atoms with Crippen LogP contribution < -0.4 is 5.32 Å². The molecule has 104 valence electrons. The molecule has 1 aromatic heterocycles. The van der Waals surface area contributed by atoms with Crippen molar-refractivity contribution in [3.8, 4) is 0 Å². The van der Waals surface area contributed by atoms with Crippen LogP contribution >= 0.6 is 11.5 Å². The summed E-state index contributed by atoms with van der Waals surface area (Å²) in [5.74, 6) is 0.0466. The molecule has 0 aliphatic carbocycles. The molecule has 0 aromatic carbocycles. The van der Waals surface area contributed by atoms with E-state index in [1.165, 1.54) is 7.11 Å². The molecule has 0 radical (unpaired) electrons. The number of urea groups is 1. The van der Waals surface area contributed by atoms with Crippen molar-refractivity contribution >= 4 is 28.5 Å². The van der Waals surface area contributed by atoms with Gasteiger partial charge in [-0.1, -0.05) is 6.92 Å². The lowest BCUT2D eigenvalue weighted by Crippen LogP contribution is -2.33. The van der Waals surface area contributed by atoms with E-state index in [2.05, 4.69) is 16.6 Å². The van der Waals surface area contributed by atoms with Gasteiger partial charge in [-0.3, -0.25) is 5.32 Å². The van der Waals surface area contributed by atoms with Crippen molar-refractivity contribution in [1.82, 2.24) is 9.27 Å². The minimum atomic E-state index is -0.476. The molecule has 0 unspecified atom stereocenters. The van der Waals surface area contributed by atoms with E-state index >= 15 is 0 Å². The predicted molar refractivity (Wildman–Crippen MR) is 72.6 cm³/mol. The summed E-state index contributed by atoms with van der Waals surface area (Å²) in [5.41, 5.74) is 0.912. The molecule has 1 saturated heterocycles. The second kappa shape index (κ2) is 5.56. The summed E-state index contributed by atoms with van der Waals surface area (Å²) in [6.07, 6.45) is 1.01. The zero-order valence-corrected chi connectivity index (χ0v) is 12.0. The molecular weight excluding hydrogens is 266 g/mol. The maximum absolute atomic E-state index is 12.1. The summed E-state index contributed by atoms with van der Waals surface area (Å²) >= 11 is 1.10. The van der Waals surface area contributed by atoms with E-state index in [4.69, 9.17) is 4.74 Å². The summed E-state index contributed by atoms with van der Waals surface area (Å²) < 4.78 is 8.79. The van der Waals surface area contributed by atoms with Crippen molar-refractivity contribution in [2.45, 2.75) is 20.3 Å². The van der Waals surface area contributed by atoms with Gasteiger partial charge in [0.1, 0.15) is 10.6 Å². The maximum atomic E-state index is 12.1. The van der Waals surface area contributed by atoms with Gasteiger partial charge in [0.2, 0.25) is 0 Å². The summed E-state index contributed by atoms with van der Waals surface area (Å²) in [4.78, 5) is 25.5. The number of anilines is 1. The van der Waals surface area contributed by atoms with E-state index in [0.717, 1.165) is 31.0 Å². The number of methoxy groups -OCH3 is 1. The standard InChI is InChI=1S/C12H17N3O3S/c1-7-4-5-15(6-7)12(17)13-10-9(11(16)18-3)8(2)14-19-10/h7H,4-6H2,1-3H3,(H,13,17)/t7-/m1/s1. The first kappa shape index (κ1) is 13.8. The smallest absolute Gasteiger partial charge is 0.342 e. The number of carbonyl (C=O) groups is 2. The highest BCUT2D eigenvalue weighted by Gasteiger charge is 2.26. The number of aromatic nitrogens is 1. The van der Waals surface area contributed by atoms with Crippen molar-refractivity contribution in [2.75, 3.05) is 25.5 Å². The van der Waals surface area contributed by atoms with Crippen LogP contribution in [0.2, 0.25) is 0 Å². The van der Waals surface area contributed by atoms with Crippen LogP contribution in [0.25, 0.3) is 0 Å². The zero-order valence-electron chi connectivity index (χ0n) is 11.2. The van der Waals surface area contributed by atoms with Gasteiger partial charge in [0.05, 0.1) is 12.8 Å². The van der Waals surface area contributed by atoms with Crippen LogP contribution in [0.4, 0.5) is 9.80 Å². The molecule has 1 aliphatic rings. The molecule has 2 heterocycles. The molecule has 2 rings (SSSR count). The normalized spacial score (nSPS) is 18.5. The first-order valence-electron chi connectivity index (χ1n) is 6.13. The van der Waals surface area contributed by atoms with Crippen molar-refractivity contribution in [1.29, 1.82) is 0 Å². The molecule has 1 N–H and O–H groups in total. The van der Waals surface area contributed by atoms with E-state index in [9.17, 15) is 9.59 Å². The molecule has 0 bridgehead atoms. The van der Waals surface area contributed by atoms with Gasteiger partial charge in [0.15, 0.2) is 0 Å². The number of aryl methyl sites for hydroxylation is 1.